The van der Waals surface area contributed by atoms with Gasteiger partial charge in [-0.05, 0) is 18.2 Å². The number of aromatic carboxylic acids is 1. The minimum atomic E-state index is -1.12. The van der Waals surface area contributed by atoms with E-state index in [4.69, 9.17) is 9.84 Å². The summed E-state index contributed by atoms with van der Waals surface area (Å²) in [6, 6.07) is 10.0. The number of rotatable bonds is 3. The van der Waals surface area contributed by atoms with Crippen molar-refractivity contribution in [2.75, 3.05) is 6.61 Å². The predicted octanol–water partition coefficient (Wildman–Crippen LogP) is 1.64. The van der Waals surface area contributed by atoms with Crippen LogP contribution in [0.4, 0.5) is 0 Å². The minimum absolute atomic E-state index is 0.0962. The fraction of sp³-hybridized carbons (Fsp3) is 0.133. The van der Waals surface area contributed by atoms with Gasteiger partial charge >= 0.3 is 5.97 Å². The van der Waals surface area contributed by atoms with E-state index >= 15 is 0 Å². The number of nitrogens with one attached hydrogen (secondary N) is 1. The maximum Gasteiger partial charge on any atom is 0.354 e. The Bertz CT molecular complexity index is 697. The second-order valence-corrected chi connectivity index (χ2v) is 4.61. The molecule has 1 unspecified atom stereocenters. The van der Waals surface area contributed by atoms with Crippen LogP contribution in [0.1, 0.15) is 32.5 Å². The van der Waals surface area contributed by atoms with E-state index in [1.807, 2.05) is 24.3 Å². The summed E-state index contributed by atoms with van der Waals surface area (Å²) >= 11 is 0. The molecule has 2 aromatic rings. The number of pyridine rings is 1. The molecule has 0 spiro atoms. The monoisotopic (exact) mass is 284 g/mol. The van der Waals surface area contributed by atoms with Crippen LogP contribution in [0.25, 0.3) is 0 Å². The first-order valence-electron chi connectivity index (χ1n) is 6.37. The van der Waals surface area contributed by atoms with Gasteiger partial charge in [0.15, 0.2) is 0 Å². The Kier molecular flexibility index (Phi) is 3.27. The van der Waals surface area contributed by atoms with Crippen LogP contribution in [-0.2, 0) is 0 Å². The number of benzene rings is 1. The van der Waals surface area contributed by atoms with Gasteiger partial charge in [-0.1, -0.05) is 18.2 Å². The lowest BCUT2D eigenvalue weighted by atomic mass is 10.1. The number of carbonyl (C=O) groups excluding carboxylic acids is 1. The van der Waals surface area contributed by atoms with Gasteiger partial charge in [-0.2, -0.15) is 0 Å². The molecule has 3 rings (SSSR count). The van der Waals surface area contributed by atoms with Crippen LogP contribution in [0.2, 0.25) is 0 Å². The molecule has 6 heteroatoms. The smallest absolute Gasteiger partial charge is 0.354 e. The Morgan fingerprint density at radius 3 is 2.76 bits per heavy atom. The summed E-state index contributed by atoms with van der Waals surface area (Å²) < 4.78 is 5.49. The van der Waals surface area contributed by atoms with Crippen LogP contribution in [0.15, 0.2) is 42.6 Å². The Morgan fingerprint density at radius 1 is 1.24 bits per heavy atom. The van der Waals surface area contributed by atoms with Gasteiger partial charge in [-0.3, -0.25) is 4.79 Å². The molecule has 0 saturated heterocycles. The van der Waals surface area contributed by atoms with Crippen molar-refractivity contribution in [3.63, 3.8) is 0 Å². The SMILES string of the molecule is O=C(NC1COc2ccccc21)c1ccc(C(=O)O)nc1. The number of carboxylic acid groups (broad SMARTS) is 1. The van der Waals surface area contributed by atoms with Crippen molar-refractivity contribution in [3.05, 3.63) is 59.4 Å². The summed E-state index contributed by atoms with van der Waals surface area (Å²) in [6.07, 6.45) is 1.25. The van der Waals surface area contributed by atoms with Crippen molar-refractivity contribution >= 4 is 11.9 Å². The molecule has 0 fully saturated rings. The van der Waals surface area contributed by atoms with Crippen LogP contribution in [-0.4, -0.2) is 28.6 Å². The normalized spacial score (nSPS) is 15.9. The number of aromatic nitrogens is 1. The number of para-hydroxylation sites is 1. The molecule has 1 aromatic heterocycles. The molecule has 0 bridgehead atoms. The molecule has 21 heavy (non-hydrogen) atoms. The number of ether oxygens (including phenoxy) is 1. The molecule has 1 aliphatic heterocycles. The highest BCUT2D eigenvalue weighted by Gasteiger charge is 2.25. The number of amides is 1. The highest BCUT2D eigenvalue weighted by Crippen LogP contribution is 2.31. The molecule has 6 nitrogen and oxygen atoms in total. The van der Waals surface area contributed by atoms with Crippen molar-refractivity contribution in [3.8, 4) is 5.75 Å². The van der Waals surface area contributed by atoms with Crippen LogP contribution >= 0.6 is 0 Å². The van der Waals surface area contributed by atoms with Crippen molar-refractivity contribution < 1.29 is 19.4 Å². The van der Waals surface area contributed by atoms with E-state index in [0.29, 0.717) is 12.2 Å². The fourth-order valence-electron chi connectivity index (χ4n) is 2.18. The maximum atomic E-state index is 12.1. The molecular formula is C15H12N2O4. The second kappa shape index (κ2) is 5.24. The molecule has 2 N–H and O–H groups in total. The highest BCUT2D eigenvalue weighted by molar-refractivity contribution is 5.95. The standard InChI is InChI=1S/C15H12N2O4/c18-14(9-5-6-11(15(19)20)16-7-9)17-12-8-21-13-4-2-1-3-10(12)13/h1-7,12H,8H2,(H,17,18)(H,19,20). The average Bonchev–Trinajstić information content (AvgIpc) is 2.91. The van der Waals surface area contributed by atoms with Gasteiger partial charge in [0, 0.05) is 11.8 Å². The summed E-state index contributed by atoms with van der Waals surface area (Å²) in [5.41, 5.74) is 1.14. The van der Waals surface area contributed by atoms with Crippen molar-refractivity contribution in [2.45, 2.75) is 6.04 Å². The zero-order chi connectivity index (χ0) is 14.8. The summed E-state index contributed by atoms with van der Waals surface area (Å²) in [6.45, 7) is 0.381. The quantitative estimate of drug-likeness (QED) is 0.894. The summed E-state index contributed by atoms with van der Waals surface area (Å²) in [5.74, 6) is -0.674. The second-order valence-electron chi connectivity index (χ2n) is 4.61. The summed E-state index contributed by atoms with van der Waals surface area (Å²) in [5, 5.41) is 11.6. The van der Waals surface area contributed by atoms with Gasteiger partial charge < -0.3 is 15.2 Å². The van der Waals surface area contributed by atoms with Crippen molar-refractivity contribution in [1.82, 2.24) is 10.3 Å². The fourth-order valence-corrected chi connectivity index (χ4v) is 2.18. The molecule has 0 radical (unpaired) electrons. The Labute approximate surface area is 120 Å². The summed E-state index contributed by atoms with van der Waals surface area (Å²) in [7, 11) is 0. The third kappa shape index (κ3) is 2.55. The van der Waals surface area contributed by atoms with E-state index < -0.39 is 5.97 Å². The van der Waals surface area contributed by atoms with E-state index in [9.17, 15) is 9.59 Å². The number of carboxylic acids is 1. The Hall–Kier alpha value is -2.89. The zero-order valence-electron chi connectivity index (χ0n) is 10.9. The lowest BCUT2D eigenvalue weighted by Gasteiger charge is -2.11. The minimum Gasteiger partial charge on any atom is -0.491 e. The van der Waals surface area contributed by atoms with E-state index in [1.165, 1.54) is 18.3 Å². The average molecular weight is 284 g/mol. The van der Waals surface area contributed by atoms with Gasteiger partial charge in [-0.25, -0.2) is 9.78 Å². The first-order chi connectivity index (χ1) is 10.1. The van der Waals surface area contributed by atoms with Crippen LogP contribution in [0.5, 0.6) is 5.75 Å². The molecule has 106 valence electrons. The molecule has 2 heterocycles. The van der Waals surface area contributed by atoms with Gasteiger partial charge in [0.2, 0.25) is 0 Å². The van der Waals surface area contributed by atoms with Gasteiger partial charge in [0.25, 0.3) is 5.91 Å². The number of hydrogen-bond donors (Lipinski definition) is 2. The molecule has 1 amide bonds. The Morgan fingerprint density at radius 2 is 2.05 bits per heavy atom. The zero-order valence-corrected chi connectivity index (χ0v) is 10.9. The third-order valence-electron chi connectivity index (χ3n) is 3.25. The number of fused-ring (bicyclic) bond motifs is 1. The van der Waals surface area contributed by atoms with E-state index in [0.717, 1.165) is 11.3 Å². The van der Waals surface area contributed by atoms with Gasteiger partial charge in [0.1, 0.15) is 18.1 Å². The molecular weight excluding hydrogens is 272 g/mol. The maximum absolute atomic E-state index is 12.1. The Balaban J connectivity index is 1.74. The lowest BCUT2D eigenvalue weighted by molar-refractivity contribution is 0.0689. The van der Waals surface area contributed by atoms with Gasteiger partial charge in [0.05, 0.1) is 11.6 Å². The van der Waals surface area contributed by atoms with E-state index in [2.05, 4.69) is 10.3 Å². The largest absolute Gasteiger partial charge is 0.491 e. The van der Waals surface area contributed by atoms with Crippen LogP contribution < -0.4 is 10.1 Å². The topological polar surface area (TPSA) is 88.5 Å². The van der Waals surface area contributed by atoms with Crippen LogP contribution in [0, 0.1) is 0 Å². The number of nitrogens with zero attached hydrogens (tertiary/aromatic N) is 1. The molecule has 0 aliphatic carbocycles. The molecule has 1 atom stereocenters. The van der Waals surface area contributed by atoms with Crippen molar-refractivity contribution in [2.24, 2.45) is 0 Å². The van der Waals surface area contributed by atoms with E-state index in [1.54, 1.807) is 0 Å². The first kappa shape index (κ1) is 13.1. The van der Waals surface area contributed by atoms with Crippen molar-refractivity contribution in [1.29, 1.82) is 0 Å². The lowest BCUT2D eigenvalue weighted by Crippen LogP contribution is -2.29. The molecule has 1 aromatic carbocycles. The predicted molar refractivity (Wildman–Crippen MR) is 73.3 cm³/mol. The van der Waals surface area contributed by atoms with E-state index in [-0.39, 0.29) is 17.6 Å². The van der Waals surface area contributed by atoms with Crippen LogP contribution in [0.3, 0.4) is 0 Å². The number of hydrogen-bond acceptors (Lipinski definition) is 4. The third-order valence-corrected chi connectivity index (χ3v) is 3.25. The molecule has 0 saturated carbocycles. The summed E-state index contributed by atoms with van der Waals surface area (Å²) in [4.78, 5) is 26.6. The highest BCUT2D eigenvalue weighted by atomic mass is 16.5. The molecule has 1 aliphatic rings. The van der Waals surface area contributed by atoms with Gasteiger partial charge in [-0.15, -0.1) is 0 Å². The first-order valence-corrected chi connectivity index (χ1v) is 6.37. The number of carbonyl (C=O) groups is 2.